The van der Waals surface area contributed by atoms with Crippen LogP contribution in [0.1, 0.15) is 30.9 Å². The zero-order valence-corrected chi connectivity index (χ0v) is 13.4. The molecule has 1 aromatic carbocycles. The molecule has 5 heteroatoms. The van der Waals surface area contributed by atoms with E-state index >= 15 is 0 Å². The fourth-order valence-corrected chi connectivity index (χ4v) is 4.15. The number of aliphatic hydroxyl groups excluding tert-OH is 1. The SMILES string of the molecule is CC(=O)Oc1ccc2c3c1O[C@H]1C[C@@H](O)C=CC31CCN(C)C2. The highest BCUT2D eigenvalue weighted by molar-refractivity contribution is 5.72. The van der Waals surface area contributed by atoms with E-state index in [0.717, 1.165) is 25.1 Å². The van der Waals surface area contributed by atoms with Crippen LogP contribution in [0.3, 0.4) is 0 Å². The maximum Gasteiger partial charge on any atom is 0.308 e. The van der Waals surface area contributed by atoms with Crippen LogP contribution in [0, 0.1) is 0 Å². The van der Waals surface area contributed by atoms with Gasteiger partial charge in [-0.1, -0.05) is 18.2 Å². The van der Waals surface area contributed by atoms with Crippen molar-refractivity contribution in [3.8, 4) is 11.5 Å². The molecular formula is C18H21NO4. The fraction of sp³-hybridized carbons (Fsp3) is 0.500. The summed E-state index contributed by atoms with van der Waals surface area (Å²) < 4.78 is 11.6. The van der Waals surface area contributed by atoms with E-state index in [1.165, 1.54) is 12.5 Å². The zero-order valence-electron chi connectivity index (χ0n) is 13.4. The Morgan fingerprint density at radius 3 is 3.09 bits per heavy atom. The first-order chi connectivity index (χ1) is 11.0. The summed E-state index contributed by atoms with van der Waals surface area (Å²) in [5.41, 5.74) is 2.11. The maximum absolute atomic E-state index is 11.4. The molecule has 0 saturated carbocycles. The normalized spacial score (nSPS) is 31.8. The Morgan fingerprint density at radius 2 is 2.30 bits per heavy atom. The lowest BCUT2D eigenvalue weighted by Crippen LogP contribution is -2.42. The minimum absolute atomic E-state index is 0.112. The molecule has 4 rings (SSSR count). The third kappa shape index (κ3) is 2.18. The van der Waals surface area contributed by atoms with Crippen LogP contribution < -0.4 is 9.47 Å². The maximum atomic E-state index is 11.4. The molecule has 1 aliphatic carbocycles. The number of ether oxygens (including phenoxy) is 2. The topological polar surface area (TPSA) is 59.0 Å². The Balaban J connectivity index is 1.91. The smallest absolute Gasteiger partial charge is 0.308 e. The third-order valence-electron chi connectivity index (χ3n) is 5.18. The highest BCUT2D eigenvalue weighted by atomic mass is 16.6. The predicted molar refractivity (Wildman–Crippen MR) is 84.6 cm³/mol. The second-order valence-corrected chi connectivity index (χ2v) is 6.82. The van der Waals surface area contributed by atoms with Crippen LogP contribution in [0.15, 0.2) is 24.3 Å². The average Bonchev–Trinajstić information content (AvgIpc) is 2.74. The number of nitrogens with zero attached hydrogens (tertiary/aromatic N) is 1. The second-order valence-electron chi connectivity index (χ2n) is 6.82. The largest absolute Gasteiger partial charge is 0.485 e. The van der Waals surface area contributed by atoms with Crippen LogP contribution in [0.2, 0.25) is 0 Å². The van der Waals surface area contributed by atoms with Crippen LogP contribution in [-0.2, 0) is 16.8 Å². The molecule has 1 aromatic rings. The van der Waals surface area contributed by atoms with Gasteiger partial charge in [-0.05, 0) is 31.6 Å². The number of esters is 1. The Bertz CT molecular complexity index is 699. The van der Waals surface area contributed by atoms with Gasteiger partial charge >= 0.3 is 5.97 Å². The Kier molecular flexibility index (Phi) is 3.25. The molecule has 1 spiro atoms. The van der Waals surface area contributed by atoms with E-state index in [-0.39, 0.29) is 17.5 Å². The van der Waals surface area contributed by atoms with Gasteiger partial charge in [-0.3, -0.25) is 4.79 Å². The summed E-state index contributed by atoms with van der Waals surface area (Å²) in [6.45, 7) is 3.20. The van der Waals surface area contributed by atoms with Crippen LogP contribution in [-0.4, -0.2) is 41.8 Å². The molecule has 3 atom stereocenters. The van der Waals surface area contributed by atoms with Crippen LogP contribution in [0.25, 0.3) is 0 Å². The van der Waals surface area contributed by atoms with Crippen molar-refractivity contribution in [1.29, 1.82) is 0 Å². The van der Waals surface area contributed by atoms with E-state index in [9.17, 15) is 9.90 Å². The highest BCUT2D eigenvalue weighted by Gasteiger charge is 2.52. The van der Waals surface area contributed by atoms with Gasteiger partial charge in [0.15, 0.2) is 11.5 Å². The summed E-state index contributed by atoms with van der Waals surface area (Å²) in [4.78, 5) is 13.7. The van der Waals surface area contributed by atoms with E-state index in [1.807, 2.05) is 18.2 Å². The summed E-state index contributed by atoms with van der Waals surface area (Å²) >= 11 is 0. The molecule has 0 radical (unpaired) electrons. The van der Waals surface area contributed by atoms with Crippen molar-refractivity contribution >= 4 is 5.97 Å². The first kappa shape index (κ1) is 14.7. The molecule has 1 N–H and O–H groups in total. The number of carbonyl (C=O) groups excluding carboxylic acids is 1. The van der Waals surface area contributed by atoms with Crippen molar-refractivity contribution in [3.63, 3.8) is 0 Å². The first-order valence-electron chi connectivity index (χ1n) is 8.07. The van der Waals surface area contributed by atoms with Gasteiger partial charge in [-0.15, -0.1) is 0 Å². The monoisotopic (exact) mass is 315 g/mol. The molecule has 0 fully saturated rings. The summed E-state index contributed by atoms with van der Waals surface area (Å²) in [5.74, 6) is 0.809. The van der Waals surface area contributed by atoms with Crippen molar-refractivity contribution in [2.75, 3.05) is 13.6 Å². The molecule has 5 nitrogen and oxygen atoms in total. The number of benzene rings is 1. The van der Waals surface area contributed by atoms with Gasteiger partial charge in [0.25, 0.3) is 0 Å². The van der Waals surface area contributed by atoms with Crippen LogP contribution >= 0.6 is 0 Å². The molecule has 0 bridgehead atoms. The zero-order chi connectivity index (χ0) is 16.2. The number of rotatable bonds is 1. The quantitative estimate of drug-likeness (QED) is 0.486. The number of carbonyl (C=O) groups is 1. The van der Waals surface area contributed by atoms with Crippen LogP contribution in [0.5, 0.6) is 11.5 Å². The summed E-state index contributed by atoms with van der Waals surface area (Å²) in [6, 6.07) is 3.85. The van der Waals surface area contributed by atoms with Gasteiger partial charge in [0.2, 0.25) is 0 Å². The van der Waals surface area contributed by atoms with Gasteiger partial charge < -0.3 is 19.5 Å². The van der Waals surface area contributed by atoms with E-state index in [2.05, 4.69) is 18.0 Å². The summed E-state index contributed by atoms with van der Waals surface area (Å²) in [7, 11) is 2.11. The molecule has 122 valence electrons. The van der Waals surface area contributed by atoms with Gasteiger partial charge in [-0.2, -0.15) is 0 Å². The Labute approximate surface area is 135 Å². The molecule has 2 heterocycles. The molecule has 2 aliphatic heterocycles. The standard InChI is InChI=1S/C18H21NO4/c1-11(20)22-14-4-3-12-10-19(2)8-7-18-6-5-13(21)9-15(18)23-17(14)16(12)18/h3-6,13,15,21H,7-10H2,1-2H3/t13-,15-,18?/m0/s1. The minimum atomic E-state index is -0.485. The van der Waals surface area contributed by atoms with Crippen LogP contribution in [0.4, 0.5) is 0 Å². The van der Waals surface area contributed by atoms with Gasteiger partial charge in [0.1, 0.15) is 6.10 Å². The van der Waals surface area contributed by atoms with E-state index in [1.54, 1.807) is 0 Å². The molecular weight excluding hydrogens is 294 g/mol. The van der Waals surface area contributed by atoms with E-state index in [4.69, 9.17) is 9.47 Å². The van der Waals surface area contributed by atoms with Gasteiger partial charge in [0.05, 0.1) is 11.5 Å². The van der Waals surface area contributed by atoms with Gasteiger partial charge in [-0.25, -0.2) is 0 Å². The van der Waals surface area contributed by atoms with E-state index in [0.29, 0.717) is 17.9 Å². The number of aliphatic hydroxyl groups is 1. The van der Waals surface area contributed by atoms with Crippen molar-refractivity contribution in [1.82, 2.24) is 4.90 Å². The lowest BCUT2D eigenvalue weighted by Gasteiger charge is -2.35. The Hall–Kier alpha value is -1.85. The molecule has 0 amide bonds. The van der Waals surface area contributed by atoms with Crippen molar-refractivity contribution < 1.29 is 19.4 Å². The lowest BCUT2D eigenvalue weighted by molar-refractivity contribution is -0.132. The molecule has 0 saturated heterocycles. The Morgan fingerprint density at radius 1 is 1.48 bits per heavy atom. The molecule has 0 aromatic heterocycles. The van der Waals surface area contributed by atoms with E-state index < -0.39 is 6.10 Å². The fourth-order valence-electron chi connectivity index (χ4n) is 4.15. The molecule has 3 aliphatic rings. The summed E-state index contributed by atoms with van der Waals surface area (Å²) in [6.07, 6.45) is 4.89. The number of hydrogen-bond donors (Lipinski definition) is 1. The highest BCUT2D eigenvalue weighted by Crippen LogP contribution is 2.55. The first-order valence-corrected chi connectivity index (χ1v) is 8.07. The van der Waals surface area contributed by atoms with Gasteiger partial charge in [0, 0.05) is 25.5 Å². The van der Waals surface area contributed by atoms with Crippen molar-refractivity contribution in [2.24, 2.45) is 0 Å². The molecule has 23 heavy (non-hydrogen) atoms. The van der Waals surface area contributed by atoms with Crippen molar-refractivity contribution in [3.05, 3.63) is 35.4 Å². The lowest BCUT2D eigenvalue weighted by atomic mass is 9.69. The number of hydrogen-bond acceptors (Lipinski definition) is 5. The summed E-state index contributed by atoms with van der Waals surface area (Å²) in [5, 5.41) is 10.0. The van der Waals surface area contributed by atoms with Crippen molar-refractivity contribution in [2.45, 2.75) is 43.9 Å². The third-order valence-corrected chi connectivity index (χ3v) is 5.18. The molecule has 1 unspecified atom stereocenters. The minimum Gasteiger partial charge on any atom is -0.485 e. The second kappa shape index (κ2) is 5.08. The predicted octanol–water partition coefficient (Wildman–Crippen LogP) is 1.77. The average molecular weight is 315 g/mol.